The summed E-state index contributed by atoms with van der Waals surface area (Å²) in [5.41, 5.74) is 1.49. The minimum absolute atomic E-state index is 0.123. The van der Waals surface area contributed by atoms with Gasteiger partial charge in [0.1, 0.15) is 0 Å². The first kappa shape index (κ1) is 12.5. The topological polar surface area (TPSA) is 29.5 Å². The van der Waals surface area contributed by atoms with Crippen LogP contribution in [0.15, 0.2) is 46.9 Å². The van der Waals surface area contributed by atoms with Gasteiger partial charge in [0.15, 0.2) is 5.75 Å². The Balaban J connectivity index is 2.01. The molecule has 3 rings (SSSR count). The molecule has 0 N–H and O–H groups in total. The number of para-hydroxylation sites is 1. The van der Waals surface area contributed by atoms with E-state index in [0.717, 1.165) is 10.0 Å². The fraction of sp³-hybridized carbons (Fsp3) is 0.0714. The van der Waals surface area contributed by atoms with Crippen molar-refractivity contribution in [2.75, 3.05) is 5.06 Å². The van der Waals surface area contributed by atoms with Gasteiger partial charge in [-0.2, -0.15) is 0 Å². The van der Waals surface area contributed by atoms with Crippen LogP contribution in [0.1, 0.15) is 5.56 Å². The van der Waals surface area contributed by atoms with Crippen molar-refractivity contribution in [2.24, 2.45) is 0 Å². The SMILES string of the molecule is O=C1Cc2cc(Cl)ccc2ON1c1ccccc1Br. The molecule has 5 heteroatoms. The molecule has 0 spiro atoms. The summed E-state index contributed by atoms with van der Waals surface area (Å²) in [6.45, 7) is 0. The van der Waals surface area contributed by atoms with Crippen LogP contribution < -0.4 is 9.90 Å². The number of hydrogen-bond donors (Lipinski definition) is 0. The zero-order chi connectivity index (χ0) is 13.4. The number of carbonyl (C=O) groups is 1. The van der Waals surface area contributed by atoms with Gasteiger partial charge in [-0.05, 0) is 46.3 Å². The summed E-state index contributed by atoms with van der Waals surface area (Å²) in [6, 6.07) is 12.7. The standard InChI is InChI=1S/C14H9BrClNO2/c15-11-3-1-2-4-12(11)17-14(18)8-9-7-10(16)5-6-13(9)19-17/h1-7H,8H2. The van der Waals surface area contributed by atoms with Crippen LogP contribution in [0.2, 0.25) is 5.02 Å². The summed E-state index contributed by atoms with van der Waals surface area (Å²) >= 11 is 9.33. The Morgan fingerprint density at radius 2 is 2.00 bits per heavy atom. The van der Waals surface area contributed by atoms with Gasteiger partial charge in [-0.15, -0.1) is 5.06 Å². The van der Waals surface area contributed by atoms with Crippen molar-refractivity contribution in [3.8, 4) is 5.75 Å². The third-order valence-electron chi connectivity index (χ3n) is 2.85. The molecule has 2 aromatic rings. The average molecular weight is 339 g/mol. The third-order valence-corrected chi connectivity index (χ3v) is 3.76. The molecule has 0 unspecified atom stereocenters. The molecule has 0 fully saturated rings. The molecule has 0 atom stereocenters. The highest BCUT2D eigenvalue weighted by Crippen LogP contribution is 2.33. The van der Waals surface area contributed by atoms with E-state index in [-0.39, 0.29) is 12.3 Å². The zero-order valence-corrected chi connectivity index (χ0v) is 12.1. The van der Waals surface area contributed by atoms with Gasteiger partial charge in [-0.25, -0.2) is 0 Å². The van der Waals surface area contributed by atoms with Gasteiger partial charge in [-0.3, -0.25) is 4.79 Å². The quantitative estimate of drug-likeness (QED) is 0.787. The largest absolute Gasteiger partial charge is 0.372 e. The van der Waals surface area contributed by atoms with E-state index in [0.29, 0.717) is 16.5 Å². The molecule has 0 saturated carbocycles. The van der Waals surface area contributed by atoms with Crippen molar-refractivity contribution in [3.05, 3.63) is 57.5 Å². The second-order valence-corrected chi connectivity index (χ2v) is 5.45. The highest BCUT2D eigenvalue weighted by molar-refractivity contribution is 9.10. The van der Waals surface area contributed by atoms with E-state index in [1.54, 1.807) is 18.2 Å². The molecule has 96 valence electrons. The van der Waals surface area contributed by atoms with Crippen LogP contribution in [0.3, 0.4) is 0 Å². The highest BCUT2D eigenvalue weighted by atomic mass is 79.9. The zero-order valence-electron chi connectivity index (χ0n) is 9.77. The number of hydrogen-bond acceptors (Lipinski definition) is 2. The lowest BCUT2D eigenvalue weighted by atomic mass is 10.1. The molecule has 1 aliphatic rings. The maximum absolute atomic E-state index is 12.2. The maximum atomic E-state index is 12.2. The minimum Gasteiger partial charge on any atom is -0.372 e. The van der Waals surface area contributed by atoms with E-state index in [9.17, 15) is 4.79 Å². The number of nitrogens with zero attached hydrogens (tertiary/aromatic N) is 1. The number of rotatable bonds is 1. The summed E-state index contributed by atoms with van der Waals surface area (Å²) in [5, 5.41) is 1.91. The lowest BCUT2D eigenvalue weighted by molar-refractivity contribution is -0.123. The normalized spacial score (nSPS) is 14.0. The predicted molar refractivity (Wildman–Crippen MR) is 77.4 cm³/mol. The van der Waals surface area contributed by atoms with Gasteiger partial charge < -0.3 is 4.84 Å². The van der Waals surface area contributed by atoms with Gasteiger partial charge >= 0.3 is 0 Å². The lowest BCUT2D eigenvalue weighted by Crippen LogP contribution is -2.39. The molecule has 0 aromatic heterocycles. The maximum Gasteiger partial charge on any atom is 0.264 e. The summed E-state index contributed by atoms with van der Waals surface area (Å²) in [4.78, 5) is 17.8. The fourth-order valence-corrected chi connectivity index (χ4v) is 2.60. The van der Waals surface area contributed by atoms with Gasteiger partial charge in [0.2, 0.25) is 0 Å². The van der Waals surface area contributed by atoms with E-state index in [1.165, 1.54) is 5.06 Å². The Labute approximate surface area is 123 Å². The first-order chi connectivity index (χ1) is 9.15. The summed E-state index contributed by atoms with van der Waals surface area (Å²) in [7, 11) is 0. The molecule has 19 heavy (non-hydrogen) atoms. The number of carbonyl (C=O) groups excluding carboxylic acids is 1. The van der Waals surface area contributed by atoms with Crippen molar-refractivity contribution < 1.29 is 9.63 Å². The second kappa shape index (κ2) is 4.87. The Kier molecular flexibility index (Phi) is 3.21. The average Bonchev–Trinajstić information content (AvgIpc) is 2.39. The van der Waals surface area contributed by atoms with E-state index in [4.69, 9.17) is 16.4 Å². The van der Waals surface area contributed by atoms with Crippen LogP contribution in [0, 0.1) is 0 Å². The van der Waals surface area contributed by atoms with Crippen molar-refractivity contribution in [1.82, 2.24) is 0 Å². The lowest BCUT2D eigenvalue weighted by Gasteiger charge is -2.28. The molecule has 1 aliphatic heterocycles. The third kappa shape index (κ3) is 2.33. The fourth-order valence-electron chi connectivity index (χ4n) is 1.96. The number of amides is 1. The molecule has 2 aromatic carbocycles. The van der Waals surface area contributed by atoms with Crippen LogP contribution in [0.25, 0.3) is 0 Å². The molecule has 0 aliphatic carbocycles. The molecular weight excluding hydrogens is 330 g/mol. The Bertz CT molecular complexity index is 660. The van der Waals surface area contributed by atoms with E-state index >= 15 is 0 Å². The van der Waals surface area contributed by atoms with E-state index < -0.39 is 0 Å². The number of anilines is 1. The number of halogens is 2. The van der Waals surface area contributed by atoms with Gasteiger partial charge in [0, 0.05) is 15.1 Å². The molecule has 1 amide bonds. The van der Waals surface area contributed by atoms with Gasteiger partial charge in [-0.1, -0.05) is 23.7 Å². The molecule has 0 saturated heterocycles. The number of fused-ring (bicyclic) bond motifs is 1. The summed E-state index contributed by atoms with van der Waals surface area (Å²) in [6.07, 6.45) is 0.275. The number of hydroxylamine groups is 1. The Morgan fingerprint density at radius 3 is 2.79 bits per heavy atom. The van der Waals surface area contributed by atoms with E-state index in [2.05, 4.69) is 15.9 Å². The second-order valence-electron chi connectivity index (χ2n) is 4.16. The Morgan fingerprint density at radius 1 is 1.21 bits per heavy atom. The molecule has 0 bridgehead atoms. The van der Waals surface area contributed by atoms with Crippen molar-refractivity contribution in [2.45, 2.75) is 6.42 Å². The molecule has 0 radical (unpaired) electrons. The van der Waals surface area contributed by atoms with Crippen LogP contribution >= 0.6 is 27.5 Å². The van der Waals surface area contributed by atoms with Crippen molar-refractivity contribution in [1.29, 1.82) is 0 Å². The monoisotopic (exact) mass is 337 g/mol. The van der Waals surface area contributed by atoms with Crippen LogP contribution in [-0.4, -0.2) is 5.91 Å². The van der Waals surface area contributed by atoms with Gasteiger partial charge in [0.25, 0.3) is 5.91 Å². The molecule has 1 heterocycles. The first-order valence-corrected chi connectivity index (χ1v) is 6.86. The predicted octanol–water partition coefficient (Wildman–Crippen LogP) is 3.99. The molecule has 3 nitrogen and oxygen atoms in total. The summed E-state index contributed by atoms with van der Waals surface area (Å²) in [5.74, 6) is 0.529. The summed E-state index contributed by atoms with van der Waals surface area (Å²) < 4.78 is 0.806. The van der Waals surface area contributed by atoms with E-state index in [1.807, 2.05) is 24.3 Å². The number of benzene rings is 2. The van der Waals surface area contributed by atoms with Crippen LogP contribution in [0.5, 0.6) is 5.75 Å². The van der Waals surface area contributed by atoms with Crippen molar-refractivity contribution in [3.63, 3.8) is 0 Å². The van der Waals surface area contributed by atoms with Crippen LogP contribution in [-0.2, 0) is 11.2 Å². The molecular formula is C14H9BrClNO2. The smallest absolute Gasteiger partial charge is 0.264 e. The van der Waals surface area contributed by atoms with Crippen LogP contribution in [0.4, 0.5) is 5.69 Å². The first-order valence-electron chi connectivity index (χ1n) is 5.69. The van der Waals surface area contributed by atoms with Crippen molar-refractivity contribution >= 4 is 39.1 Å². The highest BCUT2D eigenvalue weighted by Gasteiger charge is 2.27. The Hall–Kier alpha value is -1.52. The van der Waals surface area contributed by atoms with Gasteiger partial charge in [0.05, 0.1) is 12.1 Å². The minimum atomic E-state index is -0.123.